The van der Waals surface area contributed by atoms with Crippen molar-refractivity contribution in [2.45, 2.75) is 39.1 Å². The van der Waals surface area contributed by atoms with Crippen LogP contribution in [0, 0.1) is 0 Å². The molecule has 0 saturated carbocycles. The van der Waals surface area contributed by atoms with Crippen molar-refractivity contribution >= 4 is 17.9 Å². The van der Waals surface area contributed by atoms with Crippen molar-refractivity contribution in [3.63, 3.8) is 0 Å². The Morgan fingerprint density at radius 1 is 1.05 bits per heavy atom. The number of carbonyl (C=O) groups excluding carboxylic acids is 3. The number of ether oxygens (including phenoxy) is 4. The Morgan fingerprint density at radius 3 is 2.21 bits per heavy atom. The third-order valence-corrected chi connectivity index (χ3v) is 2.27. The fraction of sp³-hybridized carbons (Fsp3) is 0.583. The summed E-state index contributed by atoms with van der Waals surface area (Å²) in [7, 11) is 0. The summed E-state index contributed by atoms with van der Waals surface area (Å²) < 4.78 is 20.1. The highest BCUT2D eigenvalue weighted by molar-refractivity contribution is 5.68. The van der Waals surface area contributed by atoms with E-state index in [9.17, 15) is 14.4 Å². The van der Waals surface area contributed by atoms with Crippen molar-refractivity contribution in [3.05, 3.63) is 12.3 Å². The Bertz CT molecular complexity index is 388. The molecule has 0 bridgehead atoms. The molecule has 0 spiro atoms. The van der Waals surface area contributed by atoms with Crippen molar-refractivity contribution in [1.82, 2.24) is 0 Å². The zero-order chi connectivity index (χ0) is 14.4. The second-order valence-electron chi connectivity index (χ2n) is 3.95. The Kier molecular flexibility index (Phi) is 5.35. The van der Waals surface area contributed by atoms with Crippen LogP contribution in [-0.2, 0) is 33.3 Å². The van der Waals surface area contributed by atoms with E-state index in [0.29, 0.717) is 0 Å². The first-order valence-electron chi connectivity index (χ1n) is 5.70. The molecule has 0 amide bonds. The fourth-order valence-corrected chi connectivity index (χ4v) is 1.59. The lowest BCUT2D eigenvalue weighted by molar-refractivity contribution is -0.178. The molecule has 0 N–H and O–H groups in total. The fourth-order valence-electron chi connectivity index (χ4n) is 1.59. The smallest absolute Gasteiger partial charge is 0.303 e. The van der Waals surface area contributed by atoms with E-state index in [0.717, 1.165) is 0 Å². The number of esters is 3. The molecule has 0 aromatic rings. The summed E-state index contributed by atoms with van der Waals surface area (Å²) in [5.74, 6) is -1.54. The molecule has 0 aromatic carbocycles. The first kappa shape index (κ1) is 15.0. The van der Waals surface area contributed by atoms with Gasteiger partial charge >= 0.3 is 17.9 Å². The molecule has 2 unspecified atom stereocenters. The van der Waals surface area contributed by atoms with Gasteiger partial charge in [-0.15, -0.1) is 0 Å². The van der Waals surface area contributed by atoms with Crippen LogP contribution in [0.1, 0.15) is 20.8 Å². The molecule has 0 saturated heterocycles. The lowest BCUT2D eigenvalue weighted by Crippen LogP contribution is -2.47. The second kappa shape index (κ2) is 6.77. The van der Waals surface area contributed by atoms with Gasteiger partial charge in [-0.3, -0.25) is 14.4 Å². The molecule has 1 aliphatic heterocycles. The average Bonchev–Trinajstić information content (AvgIpc) is 2.28. The molecule has 0 aliphatic carbocycles. The van der Waals surface area contributed by atoms with Crippen molar-refractivity contribution in [3.8, 4) is 0 Å². The van der Waals surface area contributed by atoms with Crippen molar-refractivity contribution < 1.29 is 33.3 Å². The molecular weight excluding hydrogens is 256 g/mol. The van der Waals surface area contributed by atoms with Crippen LogP contribution in [0.4, 0.5) is 0 Å². The van der Waals surface area contributed by atoms with Crippen LogP contribution in [0.25, 0.3) is 0 Å². The van der Waals surface area contributed by atoms with Gasteiger partial charge < -0.3 is 18.9 Å². The van der Waals surface area contributed by atoms with Gasteiger partial charge in [0.2, 0.25) is 0 Å². The van der Waals surface area contributed by atoms with Crippen LogP contribution in [0.3, 0.4) is 0 Å². The standard InChI is InChI=1S/C12H16O7/c1-7(13)17-6-11-12(19-9(3)15)10(4-5-16-11)18-8(2)14/h4-5,10-12H,6H2,1-3H3/t10?,11?,12-/m1/s1. The molecule has 1 aliphatic rings. The monoisotopic (exact) mass is 272 g/mol. The Morgan fingerprint density at radius 2 is 1.68 bits per heavy atom. The summed E-state index contributed by atoms with van der Waals surface area (Å²) in [6.07, 6.45) is 0.435. The van der Waals surface area contributed by atoms with Gasteiger partial charge in [0.1, 0.15) is 6.61 Å². The lowest BCUT2D eigenvalue weighted by Gasteiger charge is -2.32. The van der Waals surface area contributed by atoms with E-state index < -0.39 is 36.2 Å². The minimum absolute atomic E-state index is 0.102. The predicted octanol–water partition coefficient (Wildman–Crippen LogP) is 0.325. The molecule has 19 heavy (non-hydrogen) atoms. The summed E-state index contributed by atoms with van der Waals surface area (Å²) in [6.45, 7) is 3.62. The second-order valence-corrected chi connectivity index (χ2v) is 3.95. The molecule has 0 radical (unpaired) electrons. The van der Waals surface area contributed by atoms with Gasteiger partial charge in [0.25, 0.3) is 0 Å². The molecule has 1 rings (SSSR count). The van der Waals surface area contributed by atoms with E-state index in [1.54, 1.807) is 0 Å². The van der Waals surface area contributed by atoms with E-state index in [2.05, 4.69) is 0 Å². The summed E-state index contributed by atoms with van der Waals surface area (Å²) in [6, 6.07) is 0. The quantitative estimate of drug-likeness (QED) is 0.538. The predicted molar refractivity (Wildman–Crippen MR) is 61.8 cm³/mol. The van der Waals surface area contributed by atoms with Crippen LogP contribution in [0.5, 0.6) is 0 Å². The van der Waals surface area contributed by atoms with E-state index in [4.69, 9.17) is 18.9 Å². The van der Waals surface area contributed by atoms with E-state index >= 15 is 0 Å². The van der Waals surface area contributed by atoms with Crippen LogP contribution in [0.2, 0.25) is 0 Å². The first-order chi connectivity index (χ1) is 8.90. The highest BCUT2D eigenvalue weighted by Gasteiger charge is 2.37. The van der Waals surface area contributed by atoms with Gasteiger partial charge in [-0.25, -0.2) is 0 Å². The number of carbonyl (C=O) groups is 3. The minimum atomic E-state index is -0.856. The largest absolute Gasteiger partial charge is 0.491 e. The molecule has 0 fully saturated rings. The Balaban J connectivity index is 2.77. The van der Waals surface area contributed by atoms with Gasteiger partial charge in [0.15, 0.2) is 18.3 Å². The Hall–Kier alpha value is -2.05. The minimum Gasteiger partial charge on any atom is -0.491 e. The zero-order valence-electron chi connectivity index (χ0n) is 11.0. The number of hydrogen-bond donors (Lipinski definition) is 0. The topological polar surface area (TPSA) is 88.1 Å². The van der Waals surface area contributed by atoms with Crippen molar-refractivity contribution in [1.29, 1.82) is 0 Å². The van der Waals surface area contributed by atoms with E-state index in [1.807, 2.05) is 0 Å². The molecule has 7 nitrogen and oxygen atoms in total. The first-order valence-corrected chi connectivity index (χ1v) is 5.70. The van der Waals surface area contributed by atoms with Gasteiger partial charge in [-0.1, -0.05) is 0 Å². The highest BCUT2D eigenvalue weighted by atomic mass is 16.6. The SMILES string of the molecule is CC(=O)OCC1OC=CC(OC(C)=O)[C@H]1OC(C)=O. The van der Waals surface area contributed by atoms with Crippen LogP contribution in [0.15, 0.2) is 12.3 Å². The average molecular weight is 272 g/mol. The van der Waals surface area contributed by atoms with Gasteiger partial charge in [0, 0.05) is 20.8 Å². The summed E-state index contributed by atoms with van der Waals surface area (Å²) in [5.41, 5.74) is 0. The van der Waals surface area contributed by atoms with Gasteiger partial charge in [0.05, 0.1) is 6.26 Å². The molecule has 7 heteroatoms. The molecular formula is C12H16O7. The lowest BCUT2D eigenvalue weighted by atomic mass is 10.1. The third-order valence-electron chi connectivity index (χ3n) is 2.27. The molecule has 0 aromatic heterocycles. The summed E-state index contributed by atoms with van der Waals surface area (Å²) in [5, 5.41) is 0. The third kappa shape index (κ3) is 4.99. The Labute approximate surface area is 110 Å². The van der Waals surface area contributed by atoms with Gasteiger partial charge in [-0.05, 0) is 6.08 Å². The van der Waals surface area contributed by atoms with E-state index in [-0.39, 0.29) is 6.61 Å². The summed E-state index contributed by atoms with van der Waals surface area (Å²) >= 11 is 0. The maximum absolute atomic E-state index is 11.1. The molecule has 3 atom stereocenters. The highest BCUT2D eigenvalue weighted by Crippen LogP contribution is 2.19. The normalized spacial score (nSPS) is 25.1. The van der Waals surface area contributed by atoms with Crippen LogP contribution in [-0.4, -0.2) is 42.8 Å². The maximum Gasteiger partial charge on any atom is 0.303 e. The van der Waals surface area contributed by atoms with Crippen molar-refractivity contribution in [2.75, 3.05) is 6.61 Å². The van der Waals surface area contributed by atoms with Crippen LogP contribution >= 0.6 is 0 Å². The van der Waals surface area contributed by atoms with Gasteiger partial charge in [-0.2, -0.15) is 0 Å². The number of rotatable bonds is 4. The van der Waals surface area contributed by atoms with Crippen LogP contribution < -0.4 is 0 Å². The zero-order valence-corrected chi connectivity index (χ0v) is 11.0. The van der Waals surface area contributed by atoms with E-state index in [1.165, 1.54) is 33.1 Å². The summed E-state index contributed by atoms with van der Waals surface area (Å²) in [4.78, 5) is 32.9. The molecule has 106 valence electrons. The van der Waals surface area contributed by atoms with Crippen molar-refractivity contribution in [2.24, 2.45) is 0 Å². The number of hydrogen-bond acceptors (Lipinski definition) is 7. The maximum atomic E-state index is 11.1. The molecule has 1 heterocycles.